The van der Waals surface area contributed by atoms with Crippen molar-refractivity contribution in [2.45, 2.75) is 19.1 Å². The van der Waals surface area contributed by atoms with Crippen LogP contribution < -0.4 is 0 Å². The number of nitriles is 1. The van der Waals surface area contributed by atoms with Crippen molar-refractivity contribution in [1.82, 2.24) is 0 Å². The summed E-state index contributed by atoms with van der Waals surface area (Å²) >= 11 is 3.11. The normalized spacial score (nSPS) is 14.4. The lowest BCUT2D eigenvalue weighted by molar-refractivity contribution is 0.0497. The van der Waals surface area contributed by atoms with Gasteiger partial charge in [0.05, 0.1) is 6.07 Å². The van der Waals surface area contributed by atoms with Gasteiger partial charge in [0, 0.05) is 10.0 Å². The van der Waals surface area contributed by atoms with Crippen molar-refractivity contribution in [3.63, 3.8) is 0 Å². The van der Waals surface area contributed by atoms with E-state index in [-0.39, 0.29) is 5.56 Å². The number of rotatable bonds is 2. The zero-order valence-electron chi connectivity index (χ0n) is 7.91. The van der Waals surface area contributed by atoms with Crippen molar-refractivity contribution in [1.29, 1.82) is 5.26 Å². The topological polar surface area (TPSA) is 64.2 Å². The molecule has 0 aliphatic rings. The van der Waals surface area contributed by atoms with Gasteiger partial charge in [0.25, 0.3) is 0 Å². The Morgan fingerprint density at radius 3 is 2.60 bits per heavy atom. The fourth-order valence-corrected chi connectivity index (χ4v) is 1.73. The number of nitrogens with zero attached hydrogens (tertiary/aromatic N) is 1. The Balaban J connectivity index is 3.25. The van der Waals surface area contributed by atoms with Crippen LogP contribution in [0.2, 0.25) is 0 Å². The van der Waals surface area contributed by atoms with Gasteiger partial charge in [-0.05, 0) is 18.6 Å². The molecule has 1 rings (SSSR count). The van der Waals surface area contributed by atoms with Gasteiger partial charge in [0.15, 0.2) is 6.10 Å². The Morgan fingerprint density at radius 2 is 2.07 bits per heavy atom. The third kappa shape index (κ3) is 2.34. The van der Waals surface area contributed by atoms with Crippen molar-refractivity contribution in [3.8, 4) is 6.07 Å². The molecule has 0 amide bonds. The molecule has 0 fully saturated rings. The van der Waals surface area contributed by atoms with Crippen LogP contribution in [0.1, 0.15) is 17.2 Å². The molecule has 0 aliphatic heterocycles. The average molecular weight is 274 g/mol. The lowest BCUT2D eigenvalue weighted by atomic mass is 10.0. The summed E-state index contributed by atoms with van der Waals surface area (Å²) in [7, 11) is 0. The smallest absolute Gasteiger partial charge is 0.170 e. The summed E-state index contributed by atoms with van der Waals surface area (Å²) < 4.78 is 13.7. The van der Waals surface area contributed by atoms with Crippen LogP contribution in [0.15, 0.2) is 16.6 Å². The Hall–Kier alpha value is -0.960. The van der Waals surface area contributed by atoms with Gasteiger partial charge in [-0.25, -0.2) is 4.39 Å². The first kappa shape index (κ1) is 12.1. The molecule has 2 N–H and O–H groups in total. The van der Waals surface area contributed by atoms with Gasteiger partial charge >= 0.3 is 0 Å². The van der Waals surface area contributed by atoms with Crippen molar-refractivity contribution in [3.05, 3.63) is 33.5 Å². The van der Waals surface area contributed by atoms with E-state index in [0.717, 1.165) is 5.56 Å². The van der Waals surface area contributed by atoms with Gasteiger partial charge in [0.1, 0.15) is 11.9 Å². The highest BCUT2D eigenvalue weighted by Gasteiger charge is 2.24. The van der Waals surface area contributed by atoms with Crippen molar-refractivity contribution in [2.24, 2.45) is 0 Å². The predicted molar refractivity (Wildman–Crippen MR) is 55.4 cm³/mol. The van der Waals surface area contributed by atoms with E-state index in [1.807, 2.05) is 0 Å². The van der Waals surface area contributed by atoms with Crippen molar-refractivity contribution in [2.75, 3.05) is 0 Å². The van der Waals surface area contributed by atoms with Gasteiger partial charge in [-0.2, -0.15) is 5.26 Å². The van der Waals surface area contributed by atoms with Crippen LogP contribution in [-0.4, -0.2) is 16.3 Å². The molecule has 0 spiro atoms. The van der Waals surface area contributed by atoms with E-state index >= 15 is 0 Å². The SMILES string of the molecule is Cc1ccc(F)c(C(O)C(O)C#N)c1Br. The minimum absolute atomic E-state index is 0.0935. The Morgan fingerprint density at radius 1 is 1.47 bits per heavy atom. The summed E-state index contributed by atoms with van der Waals surface area (Å²) in [5.74, 6) is -0.658. The highest BCUT2D eigenvalue weighted by atomic mass is 79.9. The minimum atomic E-state index is -1.64. The molecule has 80 valence electrons. The third-order valence-corrected chi connectivity index (χ3v) is 3.10. The number of benzene rings is 1. The second-order valence-corrected chi connectivity index (χ2v) is 3.90. The Labute approximate surface area is 94.9 Å². The van der Waals surface area contributed by atoms with Crippen molar-refractivity contribution < 1.29 is 14.6 Å². The minimum Gasteiger partial charge on any atom is -0.384 e. The Kier molecular flexibility index (Phi) is 3.80. The maximum atomic E-state index is 13.4. The molecular weight excluding hydrogens is 265 g/mol. The van der Waals surface area contributed by atoms with E-state index in [2.05, 4.69) is 15.9 Å². The predicted octanol–water partition coefficient (Wildman–Crippen LogP) is 1.81. The maximum Gasteiger partial charge on any atom is 0.170 e. The number of aryl methyl sites for hydroxylation is 1. The van der Waals surface area contributed by atoms with Crippen LogP contribution >= 0.6 is 15.9 Å². The second kappa shape index (κ2) is 4.71. The fraction of sp³-hybridized carbons (Fsp3) is 0.300. The zero-order valence-corrected chi connectivity index (χ0v) is 9.49. The van der Waals surface area contributed by atoms with Crippen LogP contribution in [0, 0.1) is 24.1 Å². The maximum absolute atomic E-state index is 13.4. The van der Waals surface area contributed by atoms with E-state index in [9.17, 15) is 9.50 Å². The summed E-state index contributed by atoms with van der Waals surface area (Å²) in [6.45, 7) is 1.72. The largest absolute Gasteiger partial charge is 0.384 e. The first-order valence-corrected chi connectivity index (χ1v) is 4.98. The summed E-state index contributed by atoms with van der Waals surface area (Å²) in [4.78, 5) is 0. The standard InChI is InChI=1S/C10H9BrFNO2/c1-5-2-3-6(12)8(9(5)11)10(15)7(14)4-13/h2-3,7,10,14-15H,1H3. The number of halogens is 2. The number of aliphatic hydroxyl groups is 2. The van der Waals surface area contributed by atoms with E-state index < -0.39 is 18.0 Å². The van der Waals surface area contributed by atoms with Crippen molar-refractivity contribution >= 4 is 15.9 Å². The molecule has 0 aromatic heterocycles. The molecule has 0 aliphatic carbocycles. The summed E-state index contributed by atoms with van der Waals surface area (Å²) in [5, 5.41) is 27.1. The highest BCUT2D eigenvalue weighted by molar-refractivity contribution is 9.10. The van der Waals surface area contributed by atoms with E-state index in [1.165, 1.54) is 18.2 Å². The van der Waals surface area contributed by atoms with E-state index in [0.29, 0.717) is 4.47 Å². The molecule has 2 unspecified atom stereocenters. The number of hydrogen-bond donors (Lipinski definition) is 2. The molecule has 0 bridgehead atoms. The summed E-state index contributed by atoms with van der Waals surface area (Å²) in [5.41, 5.74) is 0.625. The highest BCUT2D eigenvalue weighted by Crippen LogP contribution is 2.30. The lowest BCUT2D eigenvalue weighted by Gasteiger charge is -2.15. The molecule has 0 saturated carbocycles. The van der Waals surface area contributed by atoms with Crippen LogP contribution in [0.4, 0.5) is 4.39 Å². The molecule has 1 aromatic rings. The average Bonchev–Trinajstić information content (AvgIpc) is 2.22. The molecule has 0 heterocycles. The second-order valence-electron chi connectivity index (χ2n) is 3.11. The number of hydrogen-bond acceptors (Lipinski definition) is 3. The van der Waals surface area contributed by atoms with Crippen LogP contribution in [0.3, 0.4) is 0 Å². The molecule has 0 radical (unpaired) electrons. The zero-order chi connectivity index (χ0) is 11.6. The third-order valence-electron chi connectivity index (χ3n) is 2.05. The van der Waals surface area contributed by atoms with Crippen LogP contribution in [0.5, 0.6) is 0 Å². The summed E-state index contributed by atoms with van der Waals surface area (Å²) in [6.07, 6.45) is -3.19. The molecule has 15 heavy (non-hydrogen) atoms. The van der Waals surface area contributed by atoms with Crippen LogP contribution in [-0.2, 0) is 0 Å². The molecule has 0 saturated heterocycles. The van der Waals surface area contributed by atoms with Gasteiger partial charge in [-0.15, -0.1) is 0 Å². The molecular formula is C10H9BrFNO2. The fourth-order valence-electron chi connectivity index (χ4n) is 1.18. The van der Waals surface area contributed by atoms with Crippen LogP contribution in [0.25, 0.3) is 0 Å². The van der Waals surface area contributed by atoms with Gasteiger partial charge in [-0.3, -0.25) is 0 Å². The molecule has 1 aromatic carbocycles. The lowest BCUT2D eigenvalue weighted by Crippen LogP contribution is -2.18. The molecule has 2 atom stereocenters. The summed E-state index contributed by atoms with van der Waals surface area (Å²) in [6, 6.07) is 4.17. The van der Waals surface area contributed by atoms with Gasteiger partial charge in [0.2, 0.25) is 0 Å². The first-order chi connectivity index (χ1) is 6.99. The Bertz CT molecular complexity index is 417. The quantitative estimate of drug-likeness (QED) is 0.808. The van der Waals surface area contributed by atoms with Gasteiger partial charge < -0.3 is 10.2 Å². The monoisotopic (exact) mass is 273 g/mol. The van der Waals surface area contributed by atoms with E-state index in [4.69, 9.17) is 10.4 Å². The van der Waals surface area contributed by atoms with E-state index in [1.54, 1.807) is 6.92 Å². The molecule has 5 heteroatoms. The molecule has 3 nitrogen and oxygen atoms in total. The first-order valence-electron chi connectivity index (χ1n) is 4.19. The van der Waals surface area contributed by atoms with Gasteiger partial charge in [-0.1, -0.05) is 22.0 Å². The number of aliphatic hydroxyl groups excluding tert-OH is 2.